The first-order valence-corrected chi connectivity index (χ1v) is 11.4. The Hall–Kier alpha value is -2.83. The smallest absolute Gasteiger partial charge is 0.234 e. The van der Waals surface area contributed by atoms with Crippen LogP contribution in [0.3, 0.4) is 0 Å². The van der Waals surface area contributed by atoms with Gasteiger partial charge in [-0.25, -0.2) is 4.39 Å². The van der Waals surface area contributed by atoms with Crippen LogP contribution in [-0.2, 0) is 11.3 Å². The summed E-state index contributed by atoms with van der Waals surface area (Å²) in [5.41, 5.74) is 3.32. The van der Waals surface area contributed by atoms with Gasteiger partial charge in [-0.15, -0.1) is 11.8 Å². The molecule has 0 aliphatic carbocycles. The highest BCUT2D eigenvalue weighted by Gasteiger charge is 2.17. The van der Waals surface area contributed by atoms with Crippen molar-refractivity contribution in [2.75, 3.05) is 42.1 Å². The zero-order valence-corrected chi connectivity index (χ0v) is 18.2. The molecule has 0 aromatic heterocycles. The fraction of sp³-hybridized carbons (Fsp3) is 0.240. The summed E-state index contributed by atoms with van der Waals surface area (Å²) in [6.45, 7) is 5.05. The number of piperazine rings is 1. The number of anilines is 2. The second-order valence-electron chi connectivity index (χ2n) is 7.59. The minimum atomic E-state index is -0.272. The fourth-order valence-electron chi connectivity index (χ4n) is 3.64. The van der Waals surface area contributed by atoms with Gasteiger partial charge in [-0.3, -0.25) is 9.69 Å². The van der Waals surface area contributed by atoms with Crippen LogP contribution in [0.5, 0.6) is 0 Å². The van der Waals surface area contributed by atoms with Crippen molar-refractivity contribution in [2.45, 2.75) is 11.4 Å². The molecule has 3 aromatic carbocycles. The Morgan fingerprint density at radius 3 is 2.23 bits per heavy atom. The van der Waals surface area contributed by atoms with Crippen LogP contribution in [0.15, 0.2) is 83.8 Å². The molecular weight excluding hydrogens is 409 g/mol. The van der Waals surface area contributed by atoms with Crippen LogP contribution in [0.25, 0.3) is 0 Å². The van der Waals surface area contributed by atoms with Gasteiger partial charge in [0.15, 0.2) is 0 Å². The molecular formula is C25H26FN3OS. The molecule has 0 spiro atoms. The van der Waals surface area contributed by atoms with E-state index in [9.17, 15) is 9.18 Å². The minimum absolute atomic E-state index is 0.0726. The topological polar surface area (TPSA) is 35.6 Å². The van der Waals surface area contributed by atoms with Gasteiger partial charge in [0.1, 0.15) is 5.82 Å². The summed E-state index contributed by atoms with van der Waals surface area (Å²) in [5, 5.41) is 2.93. The van der Waals surface area contributed by atoms with Crippen molar-refractivity contribution in [3.63, 3.8) is 0 Å². The van der Waals surface area contributed by atoms with Gasteiger partial charge in [0.05, 0.1) is 5.75 Å². The molecule has 1 amide bonds. The van der Waals surface area contributed by atoms with Gasteiger partial charge in [0.25, 0.3) is 0 Å². The van der Waals surface area contributed by atoms with Crippen LogP contribution in [0.1, 0.15) is 5.56 Å². The highest BCUT2D eigenvalue weighted by molar-refractivity contribution is 8.00. The van der Waals surface area contributed by atoms with Gasteiger partial charge < -0.3 is 10.2 Å². The summed E-state index contributed by atoms with van der Waals surface area (Å²) < 4.78 is 13.0. The van der Waals surface area contributed by atoms with E-state index in [4.69, 9.17) is 0 Å². The van der Waals surface area contributed by atoms with Crippen molar-refractivity contribution in [1.29, 1.82) is 0 Å². The van der Waals surface area contributed by atoms with Crippen LogP contribution in [0.2, 0.25) is 0 Å². The first-order valence-electron chi connectivity index (χ1n) is 10.5. The largest absolute Gasteiger partial charge is 0.369 e. The van der Waals surface area contributed by atoms with E-state index in [1.807, 2.05) is 12.1 Å². The van der Waals surface area contributed by atoms with Crippen molar-refractivity contribution in [1.82, 2.24) is 4.90 Å². The van der Waals surface area contributed by atoms with E-state index in [1.54, 1.807) is 12.1 Å². The van der Waals surface area contributed by atoms with Gasteiger partial charge in [0.2, 0.25) is 5.91 Å². The fourth-order valence-corrected chi connectivity index (χ4v) is 4.34. The first-order chi connectivity index (χ1) is 15.2. The predicted molar refractivity (Wildman–Crippen MR) is 126 cm³/mol. The molecule has 31 heavy (non-hydrogen) atoms. The molecule has 0 bridgehead atoms. The second-order valence-corrected chi connectivity index (χ2v) is 8.64. The molecule has 160 valence electrons. The SMILES string of the molecule is O=C(CSc1ccc(F)cc1)Nc1ccc(N2CCN(Cc3ccccc3)CC2)cc1. The summed E-state index contributed by atoms with van der Waals surface area (Å²) in [7, 11) is 0. The summed E-state index contributed by atoms with van der Waals surface area (Å²) in [4.78, 5) is 17.9. The summed E-state index contributed by atoms with van der Waals surface area (Å²) >= 11 is 1.39. The third-order valence-electron chi connectivity index (χ3n) is 5.32. The Balaban J connectivity index is 1.23. The highest BCUT2D eigenvalue weighted by Crippen LogP contribution is 2.22. The number of carbonyl (C=O) groups is 1. The van der Waals surface area contributed by atoms with Gasteiger partial charge >= 0.3 is 0 Å². The highest BCUT2D eigenvalue weighted by atomic mass is 32.2. The number of nitrogens with zero attached hydrogens (tertiary/aromatic N) is 2. The average Bonchev–Trinajstić information content (AvgIpc) is 2.80. The third-order valence-corrected chi connectivity index (χ3v) is 6.33. The molecule has 1 aliphatic rings. The van der Waals surface area contributed by atoms with Gasteiger partial charge in [0, 0.05) is 49.0 Å². The van der Waals surface area contributed by atoms with Crippen LogP contribution < -0.4 is 10.2 Å². The number of benzene rings is 3. The van der Waals surface area contributed by atoms with E-state index in [0.29, 0.717) is 0 Å². The third kappa shape index (κ3) is 6.32. The van der Waals surface area contributed by atoms with Crippen LogP contribution in [0.4, 0.5) is 15.8 Å². The van der Waals surface area contributed by atoms with Crippen molar-refractivity contribution >= 4 is 29.0 Å². The molecule has 1 heterocycles. The van der Waals surface area contributed by atoms with Crippen LogP contribution >= 0.6 is 11.8 Å². The molecule has 1 N–H and O–H groups in total. The first kappa shape index (κ1) is 21.4. The molecule has 0 saturated carbocycles. The van der Waals surface area contributed by atoms with E-state index in [2.05, 4.69) is 57.6 Å². The summed E-state index contributed by atoms with van der Waals surface area (Å²) in [5.74, 6) is -0.0559. The zero-order chi connectivity index (χ0) is 21.5. The van der Waals surface area contributed by atoms with E-state index >= 15 is 0 Å². The lowest BCUT2D eigenvalue weighted by Crippen LogP contribution is -2.45. The molecule has 3 aromatic rings. The van der Waals surface area contributed by atoms with Crippen LogP contribution in [-0.4, -0.2) is 42.7 Å². The number of hydrogen-bond acceptors (Lipinski definition) is 4. The monoisotopic (exact) mass is 435 g/mol. The molecule has 1 fully saturated rings. The maximum Gasteiger partial charge on any atom is 0.234 e. The van der Waals surface area contributed by atoms with Crippen molar-refractivity contribution in [2.24, 2.45) is 0 Å². The van der Waals surface area contributed by atoms with Gasteiger partial charge in [-0.1, -0.05) is 30.3 Å². The van der Waals surface area contributed by atoms with E-state index < -0.39 is 0 Å². The maximum atomic E-state index is 13.0. The Labute approximate surface area is 187 Å². The lowest BCUT2D eigenvalue weighted by Gasteiger charge is -2.36. The molecule has 1 saturated heterocycles. The molecule has 0 atom stereocenters. The average molecular weight is 436 g/mol. The quantitative estimate of drug-likeness (QED) is 0.537. The molecule has 4 rings (SSSR count). The van der Waals surface area contributed by atoms with Crippen molar-refractivity contribution in [3.8, 4) is 0 Å². The Morgan fingerprint density at radius 1 is 0.871 bits per heavy atom. The van der Waals surface area contributed by atoms with Gasteiger partial charge in [-0.2, -0.15) is 0 Å². The van der Waals surface area contributed by atoms with Crippen molar-refractivity contribution in [3.05, 3.63) is 90.2 Å². The van der Waals surface area contributed by atoms with E-state index in [1.165, 1.54) is 35.1 Å². The molecule has 6 heteroatoms. The van der Waals surface area contributed by atoms with Gasteiger partial charge in [-0.05, 0) is 54.1 Å². The lowest BCUT2D eigenvalue weighted by atomic mass is 10.2. The van der Waals surface area contributed by atoms with Crippen molar-refractivity contribution < 1.29 is 9.18 Å². The number of nitrogens with one attached hydrogen (secondary N) is 1. The minimum Gasteiger partial charge on any atom is -0.369 e. The number of rotatable bonds is 7. The predicted octanol–water partition coefficient (Wildman–Crippen LogP) is 4.88. The standard InChI is InChI=1S/C25H26FN3OS/c26-21-6-12-24(13-7-21)31-19-25(30)27-22-8-10-23(11-9-22)29-16-14-28(15-17-29)18-20-4-2-1-3-5-20/h1-13H,14-19H2,(H,27,30). The molecule has 0 unspecified atom stereocenters. The number of amides is 1. The Morgan fingerprint density at radius 2 is 1.55 bits per heavy atom. The summed E-state index contributed by atoms with van der Waals surface area (Å²) in [6, 6.07) is 24.8. The molecule has 1 aliphatic heterocycles. The zero-order valence-electron chi connectivity index (χ0n) is 17.3. The van der Waals surface area contributed by atoms with Crippen LogP contribution in [0, 0.1) is 5.82 Å². The Bertz CT molecular complexity index is 972. The summed E-state index contributed by atoms with van der Waals surface area (Å²) in [6.07, 6.45) is 0. The number of hydrogen-bond donors (Lipinski definition) is 1. The normalized spacial score (nSPS) is 14.4. The number of carbonyl (C=O) groups excluding carboxylic acids is 1. The molecule has 4 nitrogen and oxygen atoms in total. The Kier molecular flexibility index (Phi) is 7.22. The second kappa shape index (κ2) is 10.5. The van der Waals surface area contributed by atoms with E-state index in [0.717, 1.165) is 43.3 Å². The number of thioether (sulfide) groups is 1. The maximum absolute atomic E-state index is 13.0. The van der Waals surface area contributed by atoms with E-state index in [-0.39, 0.29) is 17.5 Å². The lowest BCUT2D eigenvalue weighted by molar-refractivity contribution is -0.113. The number of halogens is 1. The molecule has 0 radical (unpaired) electrons.